The largest absolute Gasteiger partial charge is 0.370 e. The van der Waals surface area contributed by atoms with Gasteiger partial charge in [0.15, 0.2) is 0 Å². The minimum absolute atomic E-state index is 0.784. The number of likely N-dealkylation sites (tertiary alicyclic amines) is 1. The Morgan fingerprint density at radius 2 is 2.12 bits per heavy atom. The molecule has 3 heterocycles. The smallest absolute Gasteiger partial charge is 0.133 e. The Balaban J connectivity index is 1.27. The number of nitrogens with zero attached hydrogens (tertiary/aromatic N) is 3. The van der Waals surface area contributed by atoms with Crippen molar-refractivity contribution in [1.29, 1.82) is 0 Å². The van der Waals surface area contributed by atoms with Crippen molar-refractivity contribution in [2.45, 2.75) is 39.3 Å². The van der Waals surface area contributed by atoms with Crippen LogP contribution in [0, 0.1) is 12.8 Å². The topological polar surface area (TPSA) is 53.1 Å². The molecule has 0 unspecified atom stereocenters. The Bertz CT molecular complexity index is 731. The average Bonchev–Trinajstić information content (AvgIpc) is 3.09. The second-order valence-corrected chi connectivity index (χ2v) is 7.56. The molecule has 5 heteroatoms. The van der Waals surface area contributed by atoms with Gasteiger partial charge in [-0.1, -0.05) is 30.3 Å². The molecule has 2 aromatic rings. The molecular weight excluding hydrogens is 322 g/mol. The number of aromatic nitrogens is 2. The van der Waals surface area contributed by atoms with Gasteiger partial charge in [-0.25, -0.2) is 9.97 Å². The van der Waals surface area contributed by atoms with Gasteiger partial charge in [-0.3, -0.25) is 4.90 Å². The van der Waals surface area contributed by atoms with Gasteiger partial charge in [0.2, 0.25) is 0 Å². The lowest BCUT2D eigenvalue weighted by atomic mass is 10.0. The van der Waals surface area contributed by atoms with E-state index in [1.54, 1.807) is 0 Å². The molecule has 1 fully saturated rings. The summed E-state index contributed by atoms with van der Waals surface area (Å²) < 4.78 is 0. The summed E-state index contributed by atoms with van der Waals surface area (Å²) in [6, 6.07) is 10.8. The lowest BCUT2D eigenvalue weighted by Gasteiger charge is -2.20. The van der Waals surface area contributed by atoms with Gasteiger partial charge in [0.1, 0.15) is 11.6 Å². The highest BCUT2D eigenvalue weighted by Gasteiger charge is 2.22. The van der Waals surface area contributed by atoms with Crippen LogP contribution in [0.15, 0.2) is 30.3 Å². The van der Waals surface area contributed by atoms with Gasteiger partial charge < -0.3 is 10.6 Å². The van der Waals surface area contributed by atoms with Crippen LogP contribution < -0.4 is 10.6 Å². The summed E-state index contributed by atoms with van der Waals surface area (Å²) in [4.78, 5) is 11.8. The SMILES string of the molecule is Cc1nc2c(c(NCC[C@H]3CCN(Cc4ccccc4)C3)n1)CCNC2. The summed E-state index contributed by atoms with van der Waals surface area (Å²) in [6.07, 6.45) is 3.53. The van der Waals surface area contributed by atoms with E-state index in [4.69, 9.17) is 0 Å². The number of aryl methyl sites for hydroxylation is 1. The zero-order chi connectivity index (χ0) is 17.8. The molecule has 1 atom stereocenters. The molecule has 0 saturated carbocycles. The summed E-state index contributed by atoms with van der Waals surface area (Å²) >= 11 is 0. The summed E-state index contributed by atoms with van der Waals surface area (Å²) in [5.74, 6) is 2.71. The van der Waals surface area contributed by atoms with E-state index in [9.17, 15) is 0 Å². The van der Waals surface area contributed by atoms with Crippen molar-refractivity contribution in [3.63, 3.8) is 0 Å². The minimum atomic E-state index is 0.784. The third-order valence-electron chi connectivity index (χ3n) is 5.51. The van der Waals surface area contributed by atoms with Crippen molar-refractivity contribution in [3.05, 3.63) is 53.0 Å². The first kappa shape index (κ1) is 17.4. The molecule has 1 aromatic carbocycles. The predicted molar refractivity (Wildman–Crippen MR) is 105 cm³/mol. The number of anilines is 1. The summed E-state index contributed by atoms with van der Waals surface area (Å²) in [5.41, 5.74) is 3.90. The highest BCUT2D eigenvalue weighted by atomic mass is 15.1. The van der Waals surface area contributed by atoms with Crippen LogP contribution in [-0.2, 0) is 19.5 Å². The van der Waals surface area contributed by atoms with Crippen LogP contribution in [0.4, 0.5) is 5.82 Å². The summed E-state index contributed by atoms with van der Waals surface area (Å²) in [6.45, 7) is 8.37. The van der Waals surface area contributed by atoms with Crippen molar-refractivity contribution >= 4 is 5.82 Å². The number of hydrogen-bond donors (Lipinski definition) is 2. The van der Waals surface area contributed by atoms with Crippen LogP contribution in [0.25, 0.3) is 0 Å². The molecule has 2 aliphatic rings. The van der Waals surface area contributed by atoms with Crippen LogP contribution in [-0.4, -0.2) is 41.0 Å². The molecule has 1 aromatic heterocycles. The maximum atomic E-state index is 4.66. The number of rotatable bonds is 6. The van der Waals surface area contributed by atoms with Gasteiger partial charge in [-0.15, -0.1) is 0 Å². The molecule has 4 rings (SSSR count). The van der Waals surface area contributed by atoms with Crippen molar-refractivity contribution in [2.75, 3.05) is 31.5 Å². The zero-order valence-electron chi connectivity index (χ0n) is 15.7. The predicted octanol–water partition coefficient (Wildman–Crippen LogP) is 2.75. The minimum Gasteiger partial charge on any atom is -0.370 e. The monoisotopic (exact) mass is 351 g/mol. The summed E-state index contributed by atoms with van der Waals surface area (Å²) in [7, 11) is 0. The Kier molecular flexibility index (Phi) is 5.46. The Morgan fingerprint density at radius 3 is 3.00 bits per heavy atom. The van der Waals surface area contributed by atoms with Crippen LogP contribution in [0.3, 0.4) is 0 Å². The van der Waals surface area contributed by atoms with Gasteiger partial charge in [-0.2, -0.15) is 0 Å². The van der Waals surface area contributed by atoms with Crippen LogP contribution in [0.2, 0.25) is 0 Å². The molecule has 2 aliphatic heterocycles. The van der Waals surface area contributed by atoms with E-state index in [-0.39, 0.29) is 0 Å². The maximum Gasteiger partial charge on any atom is 0.133 e. The van der Waals surface area contributed by atoms with E-state index in [1.165, 1.54) is 42.8 Å². The van der Waals surface area contributed by atoms with Gasteiger partial charge in [0, 0.05) is 31.7 Å². The van der Waals surface area contributed by atoms with Crippen LogP contribution in [0.1, 0.15) is 35.5 Å². The molecule has 5 nitrogen and oxygen atoms in total. The first-order valence-corrected chi connectivity index (χ1v) is 9.85. The second kappa shape index (κ2) is 8.14. The van der Waals surface area contributed by atoms with Crippen molar-refractivity contribution in [2.24, 2.45) is 5.92 Å². The highest BCUT2D eigenvalue weighted by molar-refractivity contribution is 5.47. The quantitative estimate of drug-likeness (QED) is 0.838. The highest BCUT2D eigenvalue weighted by Crippen LogP contribution is 2.23. The molecule has 0 aliphatic carbocycles. The molecular formula is C21H29N5. The van der Waals surface area contributed by atoms with E-state index >= 15 is 0 Å². The summed E-state index contributed by atoms with van der Waals surface area (Å²) in [5, 5.41) is 7.01. The molecule has 0 radical (unpaired) electrons. The van der Waals surface area contributed by atoms with E-state index < -0.39 is 0 Å². The average molecular weight is 351 g/mol. The zero-order valence-corrected chi connectivity index (χ0v) is 15.7. The fraction of sp³-hybridized carbons (Fsp3) is 0.524. The lowest BCUT2D eigenvalue weighted by molar-refractivity contribution is 0.314. The maximum absolute atomic E-state index is 4.66. The molecule has 26 heavy (non-hydrogen) atoms. The van der Waals surface area contributed by atoms with Gasteiger partial charge in [0.05, 0.1) is 5.69 Å². The number of hydrogen-bond acceptors (Lipinski definition) is 5. The molecule has 0 spiro atoms. The molecule has 138 valence electrons. The first-order chi connectivity index (χ1) is 12.8. The van der Waals surface area contributed by atoms with Crippen LogP contribution >= 0.6 is 0 Å². The van der Waals surface area contributed by atoms with Crippen LogP contribution in [0.5, 0.6) is 0 Å². The standard InChI is InChI=1S/C21H29N5/c1-16-24-20-13-22-10-8-19(20)21(25-16)23-11-7-18-9-12-26(15-18)14-17-5-3-2-4-6-17/h2-6,18,22H,7-15H2,1H3,(H,23,24,25)/t18-/m0/s1. The Morgan fingerprint density at radius 1 is 1.23 bits per heavy atom. The van der Waals surface area contributed by atoms with Gasteiger partial charge in [-0.05, 0) is 50.8 Å². The fourth-order valence-electron chi connectivity index (χ4n) is 4.16. The van der Waals surface area contributed by atoms with Crippen molar-refractivity contribution in [3.8, 4) is 0 Å². The Labute approximate surface area is 156 Å². The molecule has 0 bridgehead atoms. The lowest BCUT2D eigenvalue weighted by Crippen LogP contribution is -2.27. The number of nitrogens with one attached hydrogen (secondary N) is 2. The third kappa shape index (κ3) is 4.22. The first-order valence-electron chi connectivity index (χ1n) is 9.85. The second-order valence-electron chi connectivity index (χ2n) is 7.56. The molecule has 0 amide bonds. The molecule has 2 N–H and O–H groups in total. The van der Waals surface area contributed by atoms with Gasteiger partial charge in [0.25, 0.3) is 0 Å². The van der Waals surface area contributed by atoms with Gasteiger partial charge >= 0.3 is 0 Å². The number of fused-ring (bicyclic) bond motifs is 1. The van der Waals surface area contributed by atoms with Crippen molar-refractivity contribution in [1.82, 2.24) is 20.2 Å². The van der Waals surface area contributed by atoms with E-state index in [2.05, 4.69) is 55.8 Å². The van der Waals surface area contributed by atoms with E-state index in [0.717, 1.165) is 50.2 Å². The third-order valence-corrected chi connectivity index (χ3v) is 5.51. The van der Waals surface area contributed by atoms with Crippen molar-refractivity contribution < 1.29 is 0 Å². The normalized spacial score (nSPS) is 20.1. The number of benzene rings is 1. The van der Waals surface area contributed by atoms with E-state index in [0.29, 0.717) is 0 Å². The fourth-order valence-corrected chi connectivity index (χ4v) is 4.16. The van der Waals surface area contributed by atoms with E-state index in [1.807, 2.05) is 6.92 Å². The molecule has 1 saturated heterocycles. The Hall–Kier alpha value is -1.98.